The number of nitrogens with one attached hydrogen (secondary N) is 2. The SMILES string of the molecule is CC#CC1CC(C(=O)NC(CC2CC(F)CC(F)C2)C(O)CN(CC)NC(=O)C(C)C)CC(C(=O)N(CCC)CCC)C1. The van der Waals surface area contributed by atoms with E-state index in [0.717, 1.165) is 12.8 Å². The van der Waals surface area contributed by atoms with Crippen LogP contribution in [0.1, 0.15) is 99.3 Å². The molecule has 2 fully saturated rings. The van der Waals surface area contributed by atoms with Crippen molar-refractivity contribution in [2.24, 2.45) is 29.6 Å². The van der Waals surface area contributed by atoms with Gasteiger partial charge in [-0.25, -0.2) is 13.8 Å². The van der Waals surface area contributed by atoms with Crippen molar-refractivity contribution in [1.29, 1.82) is 0 Å². The second-order valence-electron chi connectivity index (χ2n) is 12.9. The normalized spacial score (nSPS) is 27.1. The van der Waals surface area contributed by atoms with Crippen LogP contribution in [-0.4, -0.2) is 83.4 Å². The van der Waals surface area contributed by atoms with Gasteiger partial charge >= 0.3 is 0 Å². The average Bonchev–Trinajstić information content (AvgIpc) is 2.95. The van der Waals surface area contributed by atoms with E-state index in [1.807, 2.05) is 25.7 Å². The van der Waals surface area contributed by atoms with E-state index in [-0.39, 0.29) is 73.6 Å². The van der Waals surface area contributed by atoms with E-state index in [2.05, 4.69) is 22.6 Å². The van der Waals surface area contributed by atoms with Gasteiger partial charge in [0, 0.05) is 56.3 Å². The molecule has 0 bridgehead atoms. The minimum atomic E-state index is -1.26. The highest BCUT2D eigenvalue weighted by atomic mass is 19.1. The smallest absolute Gasteiger partial charge is 0.236 e. The van der Waals surface area contributed by atoms with Crippen LogP contribution >= 0.6 is 0 Å². The molecule has 7 atom stereocenters. The van der Waals surface area contributed by atoms with Crippen molar-refractivity contribution in [2.75, 3.05) is 26.2 Å². The molecular formula is C33H56F2N4O4. The first-order chi connectivity index (χ1) is 20.4. The number of hydrogen-bond acceptors (Lipinski definition) is 5. The number of nitrogens with zero attached hydrogens (tertiary/aromatic N) is 2. The lowest BCUT2D eigenvalue weighted by Gasteiger charge is -2.37. The highest BCUT2D eigenvalue weighted by Gasteiger charge is 2.39. The first-order valence-electron chi connectivity index (χ1n) is 16.4. The number of likely N-dealkylation sites (N-methyl/N-ethyl adjacent to an activating group) is 1. The number of amides is 3. The molecule has 0 aromatic carbocycles. The molecular weight excluding hydrogens is 554 g/mol. The fourth-order valence-corrected chi connectivity index (χ4v) is 6.53. The van der Waals surface area contributed by atoms with Gasteiger partial charge < -0.3 is 15.3 Å². The molecule has 0 spiro atoms. The fourth-order valence-electron chi connectivity index (χ4n) is 6.53. The summed E-state index contributed by atoms with van der Waals surface area (Å²) >= 11 is 0. The second kappa shape index (κ2) is 18.5. The Morgan fingerprint density at radius 1 is 0.930 bits per heavy atom. The van der Waals surface area contributed by atoms with Crippen LogP contribution in [0, 0.1) is 41.4 Å². The van der Waals surface area contributed by atoms with Crippen LogP contribution in [0.3, 0.4) is 0 Å². The molecule has 0 radical (unpaired) electrons. The Kier molecular flexibility index (Phi) is 15.9. The van der Waals surface area contributed by atoms with E-state index in [0.29, 0.717) is 38.9 Å². The molecule has 0 aromatic rings. The summed E-state index contributed by atoms with van der Waals surface area (Å²) in [5.74, 6) is 4.24. The zero-order valence-corrected chi connectivity index (χ0v) is 27.2. The summed E-state index contributed by atoms with van der Waals surface area (Å²) in [6.45, 7) is 13.0. The molecule has 0 aliphatic heterocycles. The molecule has 246 valence electrons. The van der Waals surface area contributed by atoms with E-state index >= 15 is 0 Å². The summed E-state index contributed by atoms with van der Waals surface area (Å²) in [6, 6.07) is -0.775. The van der Waals surface area contributed by atoms with E-state index < -0.39 is 30.4 Å². The van der Waals surface area contributed by atoms with E-state index in [1.54, 1.807) is 25.8 Å². The van der Waals surface area contributed by atoms with Gasteiger partial charge in [-0.1, -0.05) is 34.6 Å². The Morgan fingerprint density at radius 3 is 2.07 bits per heavy atom. The monoisotopic (exact) mass is 610 g/mol. The van der Waals surface area contributed by atoms with Crippen LogP contribution in [-0.2, 0) is 14.4 Å². The number of alkyl halides is 2. The number of hydrogen-bond donors (Lipinski definition) is 3. The third kappa shape index (κ3) is 12.0. The number of carbonyl (C=O) groups is 3. The van der Waals surface area contributed by atoms with Gasteiger partial charge in [-0.3, -0.25) is 19.8 Å². The van der Waals surface area contributed by atoms with Gasteiger partial charge in [0.15, 0.2) is 0 Å². The summed E-state index contributed by atoms with van der Waals surface area (Å²) in [7, 11) is 0. The second-order valence-corrected chi connectivity index (χ2v) is 12.9. The van der Waals surface area contributed by atoms with Gasteiger partial charge in [-0.2, -0.15) is 0 Å². The minimum Gasteiger partial charge on any atom is -0.390 e. The Bertz CT molecular complexity index is 939. The molecule has 2 saturated carbocycles. The Labute approximate surface area is 258 Å². The Balaban J connectivity index is 2.25. The van der Waals surface area contributed by atoms with Crippen molar-refractivity contribution in [3.05, 3.63) is 0 Å². The summed E-state index contributed by atoms with van der Waals surface area (Å²) in [6.07, 6.45) is 0.0787. The maximum atomic E-state index is 14.3. The van der Waals surface area contributed by atoms with Crippen molar-refractivity contribution >= 4 is 17.7 Å². The number of halogens is 2. The van der Waals surface area contributed by atoms with Gasteiger partial charge in [0.25, 0.3) is 0 Å². The van der Waals surface area contributed by atoms with Crippen molar-refractivity contribution in [1.82, 2.24) is 20.7 Å². The third-order valence-corrected chi connectivity index (χ3v) is 8.73. The molecule has 0 heterocycles. The lowest BCUT2D eigenvalue weighted by Crippen LogP contribution is -2.55. The maximum Gasteiger partial charge on any atom is 0.236 e. The highest BCUT2D eigenvalue weighted by molar-refractivity contribution is 5.83. The zero-order chi connectivity index (χ0) is 32.1. The molecule has 43 heavy (non-hydrogen) atoms. The molecule has 2 rings (SSSR count). The van der Waals surface area contributed by atoms with Gasteiger partial charge in [0.1, 0.15) is 12.3 Å². The molecule has 7 unspecified atom stereocenters. The summed E-state index contributed by atoms with van der Waals surface area (Å²) in [5, 5.41) is 16.0. The predicted octanol–water partition coefficient (Wildman–Crippen LogP) is 4.41. The highest BCUT2D eigenvalue weighted by Crippen LogP contribution is 2.36. The fraction of sp³-hybridized carbons (Fsp3) is 0.848. The van der Waals surface area contributed by atoms with Gasteiger partial charge in [-0.15, -0.1) is 11.8 Å². The standard InChI is InChI=1S/C33H56F2N4O4/c1-7-11-23-14-25(19-26(15-23)33(43)38(12-8-2)13-9-3)32(42)36-29(18-24-16-27(34)20-28(35)17-24)30(40)21-39(10-4)37-31(41)22(5)6/h22-30,40H,8-10,12-21H2,1-6H3,(H,36,42)(H,37,41). The molecule has 3 N–H and O–H groups in total. The van der Waals surface area contributed by atoms with E-state index in [1.165, 1.54) is 0 Å². The van der Waals surface area contributed by atoms with Crippen molar-refractivity contribution in [3.63, 3.8) is 0 Å². The van der Waals surface area contributed by atoms with Crippen LogP contribution in [0.15, 0.2) is 0 Å². The van der Waals surface area contributed by atoms with Crippen molar-refractivity contribution in [3.8, 4) is 11.8 Å². The largest absolute Gasteiger partial charge is 0.390 e. The van der Waals surface area contributed by atoms with Crippen LogP contribution in [0.25, 0.3) is 0 Å². The number of carbonyl (C=O) groups excluding carboxylic acids is 3. The van der Waals surface area contributed by atoms with Crippen molar-refractivity contribution in [2.45, 2.75) is 124 Å². The molecule has 0 saturated heterocycles. The third-order valence-electron chi connectivity index (χ3n) is 8.73. The summed E-state index contributed by atoms with van der Waals surface area (Å²) in [4.78, 5) is 41.6. The van der Waals surface area contributed by atoms with Crippen LogP contribution < -0.4 is 10.7 Å². The van der Waals surface area contributed by atoms with Crippen LogP contribution in [0.5, 0.6) is 0 Å². The van der Waals surface area contributed by atoms with Crippen LogP contribution in [0.2, 0.25) is 0 Å². The zero-order valence-electron chi connectivity index (χ0n) is 27.2. The van der Waals surface area contributed by atoms with Crippen LogP contribution in [0.4, 0.5) is 8.78 Å². The molecule has 0 aromatic heterocycles. The number of aliphatic hydroxyl groups is 1. The van der Waals surface area contributed by atoms with E-state index in [4.69, 9.17) is 0 Å². The summed E-state index contributed by atoms with van der Waals surface area (Å²) in [5.41, 5.74) is 2.80. The molecule has 3 amide bonds. The van der Waals surface area contributed by atoms with Crippen molar-refractivity contribution < 1.29 is 28.3 Å². The summed E-state index contributed by atoms with van der Waals surface area (Å²) < 4.78 is 28.6. The quantitative estimate of drug-likeness (QED) is 0.188. The van der Waals surface area contributed by atoms with Gasteiger partial charge in [0.2, 0.25) is 17.7 Å². The average molecular weight is 611 g/mol. The topological polar surface area (TPSA) is 102 Å². The van der Waals surface area contributed by atoms with E-state index in [9.17, 15) is 28.3 Å². The first-order valence-corrected chi connectivity index (χ1v) is 16.4. The Morgan fingerprint density at radius 2 is 1.53 bits per heavy atom. The molecule has 2 aliphatic carbocycles. The molecule has 10 heteroatoms. The minimum absolute atomic E-state index is 0.0451. The lowest BCUT2D eigenvalue weighted by atomic mass is 9.74. The first kappa shape index (κ1) is 36.9. The van der Waals surface area contributed by atoms with Gasteiger partial charge in [0.05, 0.1) is 12.1 Å². The molecule has 8 nitrogen and oxygen atoms in total. The predicted molar refractivity (Wildman–Crippen MR) is 165 cm³/mol. The number of rotatable bonds is 15. The Hall–Kier alpha value is -2.25. The lowest BCUT2D eigenvalue weighted by molar-refractivity contribution is -0.139. The number of aliphatic hydroxyl groups excluding tert-OH is 1. The number of hydrazine groups is 1. The molecule has 2 aliphatic rings. The van der Waals surface area contributed by atoms with Gasteiger partial charge in [-0.05, 0) is 64.2 Å². The maximum absolute atomic E-state index is 14.3.